The van der Waals surface area contributed by atoms with Crippen molar-refractivity contribution >= 4 is 10.0 Å². The lowest BCUT2D eigenvalue weighted by Gasteiger charge is -2.14. The van der Waals surface area contributed by atoms with Crippen LogP contribution in [-0.2, 0) is 10.0 Å². The van der Waals surface area contributed by atoms with Crippen molar-refractivity contribution < 1.29 is 13.5 Å². The van der Waals surface area contributed by atoms with E-state index in [2.05, 4.69) is 14.9 Å². The minimum atomic E-state index is -3.55. The average molecular weight is 233 g/mol. The molecule has 0 saturated heterocycles. The van der Waals surface area contributed by atoms with Gasteiger partial charge in [0.05, 0.1) is 12.3 Å². The van der Waals surface area contributed by atoms with Crippen LogP contribution in [0.3, 0.4) is 0 Å². The fourth-order valence-corrected chi connectivity index (χ4v) is 1.86. The summed E-state index contributed by atoms with van der Waals surface area (Å²) in [6.45, 7) is 3.64. The van der Waals surface area contributed by atoms with Gasteiger partial charge < -0.3 is 5.11 Å². The lowest BCUT2D eigenvalue weighted by Crippen LogP contribution is -2.34. The SMILES string of the molecule is CC(C)C(O)CNS(=O)(=O)c1cn[nH]c1. The summed E-state index contributed by atoms with van der Waals surface area (Å²) in [5.74, 6) is 0.0112. The van der Waals surface area contributed by atoms with Gasteiger partial charge in [0.25, 0.3) is 0 Å². The first-order valence-electron chi connectivity index (χ1n) is 4.60. The van der Waals surface area contributed by atoms with Gasteiger partial charge in [0.1, 0.15) is 4.90 Å². The monoisotopic (exact) mass is 233 g/mol. The molecule has 0 saturated carbocycles. The van der Waals surface area contributed by atoms with Crippen molar-refractivity contribution in [2.24, 2.45) is 5.92 Å². The number of nitrogens with zero attached hydrogens (tertiary/aromatic N) is 1. The minimum Gasteiger partial charge on any atom is -0.391 e. The van der Waals surface area contributed by atoms with Crippen LogP contribution in [0, 0.1) is 5.92 Å². The van der Waals surface area contributed by atoms with E-state index in [0.717, 1.165) is 0 Å². The third-order valence-electron chi connectivity index (χ3n) is 2.04. The summed E-state index contributed by atoms with van der Waals surface area (Å²) < 4.78 is 25.4. The van der Waals surface area contributed by atoms with Crippen LogP contribution in [0.1, 0.15) is 13.8 Å². The predicted octanol–water partition coefficient (Wildman–Crippen LogP) is -0.295. The molecular weight excluding hydrogens is 218 g/mol. The second-order valence-electron chi connectivity index (χ2n) is 3.60. The fraction of sp³-hybridized carbons (Fsp3) is 0.625. The third kappa shape index (κ3) is 3.29. The molecule has 3 N–H and O–H groups in total. The van der Waals surface area contributed by atoms with Gasteiger partial charge in [-0.1, -0.05) is 13.8 Å². The highest BCUT2D eigenvalue weighted by Crippen LogP contribution is 2.05. The molecular formula is C8H15N3O3S. The van der Waals surface area contributed by atoms with Crippen molar-refractivity contribution in [2.45, 2.75) is 24.8 Å². The molecule has 15 heavy (non-hydrogen) atoms. The molecule has 7 heteroatoms. The highest BCUT2D eigenvalue weighted by Gasteiger charge is 2.17. The van der Waals surface area contributed by atoms with Gasteiger partial charge in [0, 0.05) is 12.7 Å². The molecule has 0 radical (unpaired) electrons. The number of aliphatic hydroxyl groups excluding tert-OH is 1. The van der Waals surface area contributed by atoms with Gasteiger partial charge in [-0.25, -0.2) is 13.1 Å². The molecule has 1 unspecified atom stereocenters. The van der Waals surface area contributed by atoms with Crippen LogP contribution in [0.15, 0.2) is 17.3 Å². The number of sulfonamides is 1. The molecule has 6 nitrogen and oxygen atoms in total. The first-order valence-corrected chi connectivity index (χ1v) is 6.08. The number of H-pyrrole nitrogens is 1. The summed E-state index contributed by atoms with van der Waals surface area (Å²) in [6, 6.07) is 0. The summed E-state index contributed by atoms with van der Waals surface area (Å²) in [5.41, 5.74) is 0. The van der Waals surface area contributed by atoms with Crippen LogP contribution < -0.4 is 4.72 Å². The molecule has 1 aromatic rings. The molecule has 0 fully saturated rings. The molecule has 0 aliphatic carbocycles. The Labute approximate surface area is 88.8 Å². The Morgan fingerprint density at radius 3 is 2.73 bits per heavy atom. The smallest absolute Gasteiger partial charge is 0.243 e. The topological polar surface area (TPSA) is 95.1 Å². The van der Waals surface area contributed by atoms with Crippen molar-refractivity contribution in [2.75, 3.05) is 6.54 Å². The maximum atomic E-state index is 11.5. The Hall–Kier alpha value is -0.920. The van der Waals surface area contributed by atoms with E-state index in [1.807, 2.05) is 13.8 Å². The summed E-state index contributed by atoms with van der Waals surface area (Å²) in [4.78, 5) is 0.0680. The van der Waals surface area contributed by atoms with E-state index in [1.54, 1.807) is 0 Å². The second kappa shape index (κ2) is 4.73. The van der Waals surface area contributed by atoms with Gasteiger partial charge in [-0.2, -0.15) is 5.10 Å². The normalized spacial score (nSPS) is 14.4. The number of rotatable bonds is 5. The quantitative estimate of drug-likeness (QED) is 0.651. The average Bonchev–Trinajstić information content (AvgIpc) is 2.67. The van der Waals surface area contributed by atoms with Gasteiger partial charge in [-0.3, -0.25) is 5.10 Å². The van der Waals surface area contributed by atoms with Gasteiger partial charge in [0.2, 0.25) is 10.0 Å². The molecule has 0 bridgehead atoms. The van der Waals surface area contributed by atoms with E-state index in [1.165, 1.54) is 12.4 Å². The van der Waals surface area contributed by atoms with Crippen LogP contribution in [0.5, 0.6) is 0 Å². The number of hydrogen-bond acceptors (Lipinski definition) is 4. The number of aromatic amines is 1. The Morgan fingerprint density at radius 2 is 2.27 bits per heavy atom. The summed E-state index contributed by atoms with van der Waals surface area (Å²) in [6.07, 6.45) is 1.81. The highest BCUT2D eigenvalue weighted by molar-refractivity contribution is 7.89. The molecule has 0 aliphatic heterocycles. The standard InChI is InChI=1S/C8H15N3O3S/c1-6(2)8(12)5-11-15(13,14)7-3-9-10-4-7/h3-4,6,8,11-12H,5H2,1-2H3,(H,9,10). The number of aliphatic hydroxyl groups is 1. The second-order valence-corrected chi connectivity index (χ2v) is 5.36. The third-order valence-corrected chi connectivity index (χ3v) is 3.43. The first kappa shape index (κ1) is 12.2. The van der Waals surface area contributed by atoms with Gasteiger partial charge >= 0.3 is 0 Å². The van der Waals surface area contributed by atoms with Gasteiger partial charge in [-0.15, -0.1) is 0 Å². The lowest BCUT2D eigenvalue weighted by molar-refractivity contribution is 0.129. The zero-order valence-electron chi connectivity index (χ0n) is 8.64. The zero-order valence-corrected chi connectivity index (χ0v) is 9.45. The number of aromatic nitrogens is 2. The first-order chi connectivity index (χ1) is 6.93. The number of hydrogen-bond donors (Lipinski definition) is 3. The Balaban J connectivity index is 2.59. The van der Waals surface area contributed by atoms with Crippen LogP contribution in [0.2, 0.25) is 0 Å². The molecule has 1 heterocycles. The van der Waals surface area contributed by atoms with E-state index >= 15 is 0 Å². The van der Waals surface area contributed by atoms with Crippen LogP contribution in [0.4, 0.5) is 0 Å². The summed E-state index contributed by atoms with van der Waals surface area (Å²) >= 11 is 0. The van der Waals surface area contributed by atoms with Crippen molar-refractivity contribution in [3.63, 3.8) is 0 Å². The van der Waals surface area contributed by atoms with Crippen molar-refractivity contribution in [1.29, 1.82) is 0 Å². The summed E-state index contributed by atoms with van der Waals surface area (Å²) in [5, 5.41) is 15.4. The van der Waals surface area contributed by atoms with Crippen LogP contribution in [0.25, 0.3) is 0 Å². The van der Waals surface area contributed by atoms with E-state index in [9.17, 15) is 13.5 Å². The van der Waals surface area contributed by atoms with E-state index in [0.29, 0.717) is 0 Å². The van der Waals surface area contributed by atoms with Crippen molar-refractivity contribution in [3.05, 3.63) is 12.4 Å². The number of nitrogens with one attached hydrogen (secondary N) is 2. The Kier molecular flexibility index (Phi) is 3.83. The van der Waals surface area contributed by atoms with Gasteiger partial charge in [0.15, 0.2) is 0 Å². The Morgan fingerprint density at radius 1 is 1.60 bits per heavy atom. The molecule has 0 amide bonds. The molecule has 1 aromatic heterocycles. The Bertz CT molecular complexity index is 385. The van der Waals surface area contributed by atoms with Crippen molar-refractivity contribution in [3.8, 4) is 0 Å². The maximum absolute atomic E-state index is 11.5. The lowest BCUT2D eigenvalue weighted by atomic mass is 10.1. The molecule has 86 valence electrons. The molecule has 1 rings (SSSR count). The van der Waals surface area contributed by atoms with E-state index < -0.39 is 16.1 Å². The van der Waals surface area contributed by atoms with Crippen molar-refractivity contribution in [1.82, 2.24) is 14.9 Å². The fourth-order valence-electron chi connectivity index (χ4n) is 0.900. The highest BCUT2D eigenvalue weighted by atomic mass is 32.2. The van der Waals surface area contributed by atoms with Crippen LogP contribution >= 0.6 is 0 Å². The maximum Gasteiger partial charge on any atom is 0.243 e. The van der Waals surface area contributed by atoms with Gasteiger partial charge in [-0.05, 0) is 5.92 Å². The van der Waals surface area contributed by atoms with E-state index in [4.69, 9.17) is 0 Å². The van der Waals surface area contributed by atoms with Crippen LogP contribution in [-0.4, -0.2) is 36.4 Å². The zero-order chi connectivity index (χ0) is 11.5. The minimum absolute atomic E-state index is 0.00514. The molecule has 0 aliphatic rings. The molecule has 0 spiro atoms. The predicted molar refractivity (Wildman–Crippen MR) is 54.6 cm³/mol. The van der Waals surface area contributed by atoms with E-state index in [-0.39, 0.29) is 17.4 Å². The molecule has 1 atom stereocenters. The summed E-state index contributed by atoms with van der Waals surface area (Å²) in [7, 11) is -3.55. The molecule has 0 aromatic carbocycles. The largest absolute Gasteiger partial charge is 0.391 e.